The van der Waals surface area contributed by atoms with Gasteiger partial charge in [-0.3, -0.25) is 4.79 Å². The Hall–Kier alpha value is -2.90. The number of nitriles is 1. The van der Waals surface area contributed by atoms with Crippen LogP contribution in [0, 0.1) is 23.2 Å². The summed E-state index contributed by atoms with van der Waals surface area (Å²) in [6.07, 6.45) is 4.43. The number of rotatable bonds is 6. The minimum Gasteiger partial charge on any atom is -0.316 e. The molecule has 0 fully saturated rings. The number of thiophene rings is 1. The van der Waals surface area contributed by atoms with Gasteiger partial charge in [-0.2, -0.15) is 5.26 Å². The minimum atomic E-state index is -0.195. The zero-order valence-corrected chi connectivity index (χ0v) is 18.0. The predicted octanol–water partition coefficient (Wildman–Crippen LogP) is 5.78. The van der Waals surface area contributed by atoms with Crippen LogP contribution in [0.3, 0.4) is 0 Å². The average Bonchev–Trinajstić information content (AvgIpc) is 3.10. The number of carbonyl (C=O) groups is 1. The average molecular weight is 415 g/mol. The molecule has 1 aromatic heterocycles. The Morgan fingerprint density at radius 1 is 1.10 bits per heavy atom. The normalized spacial score (nSPS) is 15.4. The van der Waals surface area contributed by atoms with Crippen LogP contribution in [-0.4, -0.2) is 5.91 Å². The first-order valence-electron chi connectivity index (χ1n) is 10.6. The maximum absolute atomic E-state index is 13.4. The van der Waals surface area contributed by atoms with Crippen LogP contribution in [-0.2, 0) is 30.5 Å². The topological polar surface area (TPSA) is 52.9 Å². The van der Waals surface area contributed by atoms with Gasteiger partial charge in [-0.25, -0.2) is 0 Å². The van der Waals surface area contributed by atoms with Crippen LogP contribution >= 0.6 is 11.3 Å². The van der Waals surface area contributed by atoms with Gasteiger partial charge in [0.15, 0.2) is 0 Å². The highest BCUT2D eigenvalue weighted by molar-refractivity contribution is 7.16. The van der Waals surface area contributed by atoms with Crippen molar-refractivity contribution in [2.45, 2.75) is 39.0 Å². The summed E-state index contributed by atoms with van der Waals surface area (Å²) in [5.41, 5.74) is 4.12. The highest BCUT2D eigenvalue weighted by atomic mass is 32.1. The molecule has 0 unspecified atom stereocenters. The van der Waals surface area contributed by atoms with Crippen LogP contribution in [0.5, 0.6) is 0 Å². The molecule has 2 aromatic carbocycles. The maximum Gasteiger partial charge on any atom is 0.228 e. The van der Waals surface area contributed by atoms with Crippen LogP contribution in [0.4, 0.5) is 5.00 Å². The van der Waals surface area contributed by atoms with Crippen LogP contribution in [0.2, 0.25) is 0 Å². The molecule has 1 atom stereocenters. The lowest BCUT2D eigenvalue weighted by molar-refractivity contribution is -0.119. The molecule has 3 nitrogen and oxygen atoms in total. The van der Waals surface area contributed by atoms with E-state index in [-0.39, 0.29) is 11.8 Å². The number of anilines is 1. The summed E-state index contributed by atoms with van der Waals surface area (Å²) in [5.74, 6) is 0.386. The van der Waals surface area contributed by atoms with E-state index < -0.39 is 0 Å². The quantitative estimate of drug-likeness (QED) is 0.555. The molecule has 1 N–H and O–H groups in total. The van der Waals surface area contributed by atoms with E-state index in [4.69, 9.17) is 0 Å². The van der Waals surface area contributed by atoms with Crippen LogP contribution in [0.1, 0.15) is 40.5 Å². The van der Waals surface area contributed by atoms with E-state index in [2.05, 4.69) is 42.6 Å². The number of carbonyl (C=O) groups excluding carboxylic acids is 1. The van der Waals surface area contributed by atoms with Gasteiger partial charge in [0.25, 0.3) is 0 Å². The highest BCUT2D eigenvalue weighted by Gasteiger charge is 2.27. The number of aryl methyl sites for hydroxylation is 1. The molecular formula is C26H26N2OS. The SMILES string of the molecule is C[C@H]1CCc2sc(NC(=O)C(Cc3ccccc3)Cc3ccccc3)c(C#N)c2C1. The molecule has 1 amide bonds. The van der Waals surface area contributed by atoms with Gasteiger partial charge < -0.3 is 5.32 Å². The number of hydrogen-bond acceptors (Lipinski definition) is 3. The molecule has 1 aliphatic carbocycles. The summed E-state index contributed by atoms with van der Waals surface area (Å²) in [6.45, 7) is 2.23. The number of benzene rings is 2. The zero-order valence-electron chi connectivity index (χ0n) is 17.2. The van der Waals surface area contributed by atoms with E-state index in [1.165, 1.54) is 4.88 Å². The molecule has 0 radical (unpaired) electrons. The van der Waals surface area contributed by atoms with E-state index in [9.17, 15) is 10.1 Å². The molecule has 4 rings (SSSR count). The van der Waals surface area contributed by atoms with Gasteiger partial charge in [0.1, 0.15) is 11.1 Å². The van der Waals surface area contributed by atoms with Gasteiger partial charge in [-0.1, -0.05) is 67.6 Å². The first-order chi connectivity index (χ1) is 14.6. The molecule has 0 bridgehead atoms. The Morgan fingerprint density at radius 2 is 1.70 bits per heavy atom. The molecule has 30 heavy (non-hydrogen) atoms. The molecule has 0 saturated heterocycles. The van der Waals surface area contributed by atoms with Gasteiger partial charge >= 0.3 is 0 Å². The largest absolute Gasteiger partial charge is 0.316 e. The van der Waals surface area contributed by atoms with Crippen molar-refractivity contribution in [1.82, 2.24) is 0 Å². The third-order valence-corrected chi connectivity index (χ3v) is 7.08. The minimum absolute atomic E-state index is 0.00847. The van der Waals surface area contributed by atoms with Crippen LogP contribution in [0.15, 0.2) is 60.7 Å². The van der Waals surface area contributed by atoms with Crippen LogP contribution in [0.25, 0.3) is 0 Å². The van der Waals surface area contributed by atoms with E-state index in [1.54, 1.807) is 11.3 Å². The van der Waals surface area contributed by atoms with Crippen molar-refractivity contribution in [3.05, 3.63) is 87.8 Å². The lowest BCUT2D eigenvalue weighted by atomic mass is 9.88. The summed E-state index contributed by atoms with van der Waals surface area (Å²) >= 11 is 1.59. The molecule has 0 saturated carbocycles. The third-order valence-electron chi connectivity index (χ3n) is 5.88. The summed E-state index contributed by atoms with van der Waals surface area (Å²) in [4.78, 5) is 14.6. The predicted molar refractivity (Wildman–Crippen MR) is 123 cm³/mol. The molecule has 1 aliphatic rings. The summed E-state index contributed by atoms with van der Waals surface area (Å²) in [7, 11) is 0. The highest BCUT2D eigenvalue weighted by Crippen LogP contribution is 2.39. The molecule has 0 aliphatic heterocycles. The Kier molecular flexibility index (Phi) is 6.30. The van der Waals surface area contributed by atoms with Crippen molar-refractivity contribution in [3.63, 3.8) is 0 Å². The number of amides is 1. The van der Waals surface area contributed by atoms with Crippen molar-refractivity contribution >= 4 is 22.2 Å². The first kappa shape index (κ1) is 20.4. The van der Waals surface area contributed by atoms with Crippen molar-refractivity contribution in [2.24, 2.45) is 11.8 Å². The van der Waals surface area contributed by atoms with Gasteiger partial charge in [-0.15, -0.1) is 11.3 Å². The second-order valence-electron chi connectivity index (χ2n) is 8.23. The maximum atomic E-state index is 13.4. The molecular weight excluding hydrogens is 388 g/mol. The Bertz CT molecular complexity index is 1010. The second-order valence-corrected chi connectivity index (χ2v) is 9.34. The van der Waals surface area contributed by atoms with Crippen molar-refractivity contribution in [3.8, 4) is 6.07 Å². The summed E-state index contributed by atoms with van der Waals surface area (Å²) in [5, 5.41) is 13.6. The summed E-state index contributed by atoms with van der Waals surface area (Å²) < 4.78 is 0. The monoisotopic (exact) mass is 414 g/mol. The van der Waals surface area contributed by atoms with Crippen molar-refractivity contribution in [2.75, 3.05) is 5.32 Å². The number of fused-ring (bicyclic) bond motifs is 1. The van der Waals surface area contributed by atoms with E-state index in [0.717, 1.165) is 41.0 Å². The summed E-state index contributed by atoms with van der Waals surface area (Å²) in [6, 6.07) is 22.7. The fourth-order valence-electron chi connectivity index (χ4n) is 4.23. The number of nitrogens with one attached hydrogen (secondary N) is 1. The van der Waals surface area contributed by atoms with Gasteiger partial charge in [0, 0.05) is 10.8 Å². The Labute approximate surface area is 182 Å². The second kappa shape index (κ2) is 9.28. The number of nitrogens with zero attached hydrogens (tertiary/aromatic N) is 1. The van der Waals surface area contributed by atoms with E-state index >= 15 is 0 Å². The van der Waals surface area contributed by atoms with Crippen molar-refractivity contribution < 1.29 is 4.79 Å². The van der Waals surface area contributed by atoms with Crippen molar-refractivity contribution in [1.29, 1.82) is 5.26 Å². The Morgan fingerprint density at radius 3 is 2.27 bits per heavy atom. The molecule has 4 heteroatoms. The van der Waals surface area contributed by atoms with Gasteiger partial charge in [-0.05, 0) is 54.7 Å². The van der Waals surface area contributed by atoms with E-state index in [0.29, 0.717) is 24.3 Å². The Balaban J connectivity index is 1.58. The zero-order chi connectivity index (χ0) is 20.9. The third kappa shape index (κ3) is 4.63. The van der Waals surface area contributed by atoms with Gasteiger partial charge in [0.2, 0.25) is 5.91 Å². The standard InChI is InChI=1S/C26H26N2OS/c1-18-12-13-24-22(14-18)23(17-27)26(30-24)28-25(29)21(15-19-8-4-2-5-9-19)16-20-10-6-3-7-11-20/h2-11,18,21H,12-16H2,1H3,(H,28,29)/t18-/m0/s1. The fourth-order valence-corrected chi connectivity index (χ4v) is 5.43. The molecule has 1 heterocycles. The number of hydrogen-bond donors (Lipinski definition) is 1. The lowest BCUT2D eigenvalue weighted by Gasteiger charge is -2.18. The molecule has 152 valence electrons. The fraction of sp³-hybridized carbons (Fsp3) is 0.308. The smallest absolute Gasteiger partial charge is 0.228 e. The molecule has 0 spiro atoms. The van der Waals surface area contributed by atoms with E-state index in [1.807, 2.05) is 36.4 Å². The molecule has 3 aromatic rings. The lowest BCUT2D eigenvalue weighted by Crippen LogP contribution is -2.26. The van der Waals surface area contributed by atoms with Gasteiger partial charge in [0.05, 0.1) is 5.56 Å². The van der Waals surface area contributed by atoms with Crippen LogP contribution < -0.4 is 5.32 Å². The first-order valence-corrected chi connectivity index (χ1v) is 11.4.